The number of diazo groups is 2. The minimum atomic E-state index is -0.214. The fraction of sp³-hybridized carbons (Fsp3) is 0.0714. The summed E-state index contributed by atoms with van der Waals surface area (Å²) in [5.41, 5.74) is 4.39. The second-order valence-electron chi connectivity index (χ2n) is 8.08. The van der Waals surface area contributed by atoms with E-state index in [2.05, 4.69) is 20.6 Å². The first kappa shape index (κ1) is 40.9. The van der Waals surface area contributed by atoms with Crippen molar-refractivity contribution in [3.8, 4) is 0 Å². The Morgan fingerprint density at radius 3 is 1.21 bits per heavy atom. The topological polar surface area (TPSA) is 114 Å². The van der Waals surface area contributed by atoms with Gasteiger partial charge in [-0.25, -0.2) is 0 Å². The number of benzene rings is 4. The number of hydrogen-bond acceptors (Lipinski definition) is 4. The SMILES string of the molecule is Cc1cc([N+]#N)c(Cl)cc1NC(=O)c1ccccc1.Cc1cc([N+]#N)c(Cl)cc1NC(=O)c1ccccc1.[Cl-].[Cl-].[Cl-].[Zn+2]. The minimum absolute atomic E-state index is 0. The number of nitrogens with zero attached hydrogens (tertiary/aromatic N) is 4. The van der Waals surface area contributed by atoms with Crippen LogP contribution < -0.4 is 47.9 Å². The number of halogens is 5. The minimum Gasteiger partial charge on any atom is -1.00 e. The molecule has 0 bridgehead atoms. The van der Waals surface area contributed by atoms with Crippen LogP contribution in [0.3, 0.4) is 0 Å². The number of nitrogens with one attached hydrogen (secondary N) is 2. The molecule has 4 rings (SSSR count). The van der Waals surface area contributed by atoms with Gasteiger partial charge in [0, 0.05) is 34.6 Å². The molecule has 0 aliphatic heterocycles. The van der Waals surface area contributed by atoms with Gasteiger partial charge >= 0.3 is 30.9 Å². The summed E-state index contributed by atoms with van der Waals surface area (Å²) in [6.07, 6.45) is 0. The predicted octanol–water partition coefficient (Wildman–Crippen LogP) is -0.220. The van der Waals surface area contributed by atoms with Crippen molar-refractivity contribution in [3.05, 3.63) is 127 Å². The van der Waals surface area contributed by atoms with Gasteiger partial charge < -0.3 is 47.9 Å². The van der Waals surface area contributed by atoms with Gasteiger partial charge in [-0.05, 0) is 61.4 Å². The fourth-order valence-electron chi connectivity index (χ4n) is 3.32. The molecule has 0 atom stereocenters. The van der Waals surface area contributed by atoms with Gasteiger partial charge in [-0.15, -0.1) is 0 Å². The fourth-order valence-corrected chi connectivity index (χ4v) is 3.73. The van der Waals surface area contributed by atoms with Gasteiger partial charge in [0.25, 0.3) is 11.8 Å². The zero-order valence-corrected chi connectivity index (χ0v) is 29.0. The van der Waals surface area contributed by atoms with Crippen molar-refractivity contribution >= 4 is 57.8 Å². The largest absolute Gasteiger partial charge is 2.00 e. The van der Waals surface area contributed by atoms with E-state index in [-0.39, 0.29) is 89.9 Å². The molecule has 14 heteroatoms. The molecule has 2 amide bonds. The molecule has 0 aliphatic rings. The van der Waals surface area contributed by atoms with E-state index in [0.717, 1.165) is 11.1 Å². The summed E-state index contributed by atoms with van der Waals surface area (Å²) in [7, 11) is 0. The Labute approximate surface area is 284 Å². The van der Waals surface area contributed by atoms with Crippen molar-refractivity contribution in [1.82, 2.24) is 0 Å². The number of amides is 2. The molecule has 0 unspecified atom stereocenters. The van der Waals surface area contributed by atoms with Crippen LogP contribution in [-0.4, -0.2) is 11.8 Å². The van der Waals surface area contributed by atoms with E-state index in [0.29, 0.717) is 22.5 Å². The molecule has 0 fully saturated rings. The first-order valence-corrected chi connectivity index (χ1v) is 12.0. The van der Waals surface area contributed by atoms with Crippen LogP contribution in [-0.2, 0) is 19.5 Å². The van der Waals surface area contributed by atoms with Crippen molar-refractivity contribution in [2.45, 2.75) is 13.8 Å². The van der Waals surface area contributed by atoms with Crippen molar-refractivity contribution < 1.29 is 66.3 Å². The van der Waals surface area contributed by atoms with E-state index in [1.165, 1.54) is 0 Å². The Balaban J connectivity index is 0. The number of hydrogen-bond donors (Lipinski definition) is 2. The normalized spacial score (nSPS) is 8.81. The molecular formula is C28H22Cl5N6O2Zn+. The summed E-state index contributed by atoms with van der Waals surface area (Å²) >= 11 is 11.9. The molecule has 0 saturated carbocycles. The Kier molecular flexibility index (Phi) is 19.2. The third-order valence-electron chi connectivity index (χ3n) is 5.37. The van der Waals surface area contributed by atoms with E-state index in [1.807, 2.05) is 12.1 Å². The summed E-state index contributed by atoms with van der Waals surface area (Å²) in [6.45, 7) is 3.59. The number of carbonyl (C=O) groups excluding carboxylic acids is 2. The summed E-state index contributed by atoms with van der Waals surface area (Å²) in [5.74, 6) is -0.429. The molecule has 42 heavy (non-hydrogen) atoms. The van der Waals surface area contributed by atoms with Gasteiger partial charge in [0.05, 0.1) is 0 Å². The standard InChI is InChI=1S/2C14H10ClN3O.3ClH.Zn/c2*1-9-7-13(18-16)11(15)8-12(9)17-14(19)10-5-3-2-4-6-10;;;;/h2*2-8H,1H3;3*1H;/q;;;;;+2/p-1. The Hall–Kier alpha value is -3.27. The van der Waals surface area contributed by atoms with E-state index >= 15 is 0 Å². The Morgan fingerprint density at radius 2 is 0.929 bits per heavy atom. The Bertz CT molecular complexity index is 1460. The van der Waals surface area contributed by atoms with Gasteiger partial charge in [0.15, 0.2) is 9.95 Å². The van der Waals surface area contributed by atoms with Crippen LogP contribution in [0.25, 0.3) is 9.95 Å². The number of aryl methyl sites for hydroxylation is 2. The van der Waals surface area contributed by atoms with Gasteiger partial charge in [0.1, 0.15) is 10.0 Å². The third kappa shape index (κ3) is 11.2. The van der Waals surface area contributed by atoms with E-state index < -0.39 is 0 Å². The van der Waals surface area contributed by atoms with Crippen molar-refractivity contribution in [1.29, 1.82) is 10.8 Å². The summed E-state index contributed by atoms with van der Waals surface area (Å²) in [4.78, 5) is 30.1. The number of carbonyl (C=O) groups is 2. The maximum Gasteiger partial charge on any atom is 2.00 e. The molecule has 8 nitrogen and oxygen atoms in total. The van der Waals surface area contributed by atoms with Gasteiger partial charge in [0.2, 0.25) is 10.8 Å². The van der Waals surface area contributed by atoms with Crippen LogP contribution in [0.2, 0.25) is 10.0 Å². The summed E-state index contributed by atoms with van der Waals surface area (Å²) in [5, 5.41) is 23.6. The molecule has 0 heterocycles. The van der Waals surface area contributed by atoms with E-state index in [9.17, 15) is 9.59 Å². The molecule has 0 spiro atoms. The van der Waals surface area contributed by atoms with Crippen LogP contribution >= 0.6 is 23.2 Å². The maximum atomic E-state index is 12.0. The monoisotopic (exact) mass is 713 g/mol. The molecule has 2 N–H and O–H groups in total. The molecule has 4 aromatic carbocycles. The predicted molar refractivity (Wildman–Crippen MR) is 151 cm³/mol. The zero-order valence-electron chi connectivity index (χ0n) is 22.3. The van der Waals surface area contributed by atoms with Crippen LogP contribution in [0.15, 0.2) is 84.9 Å². The van der Waals surface area contributed by atoms with Crippen molar-refractivity contribution in [2.24, 2.45) is 0 Å². The van der Waals surface area contributed by atoms with E-state index in [4.69, 9.17) is 34.0 Å². The number of rotatable bonds is 4. The van der Waals surface area contributed by atoms with Gasteiger partial charge in [-0.3, -0.25) is 9.59 Å². The zero-order chi connectivity index (χ0) is 27.7. The second kappa shape index (κ2) is 19.8. The summed E-state index contributed by atoms with van der Waals surface area (Å²) in [6, 6.07) is 24.1. The molecule has 0 saturated heterocycles. The third-order valence-corrected chi connectivity index (χ3v) is 5.98. The van der Waals surface area contributed by atoms with Crippen LogP contribution in [0.1, 0.15) is 31.8 Å². The average molecular weight is 717 g/mol. The Morgan fingerprint density at radius 1 is 0.619 bits per heavy atom. The molecular weight excluding hydrogens is 695 g/mol. The van der Waals surface area contributed by atoms with Crippen LogP contribution in [0.4, 0.5) is 22.7 Å². The van der Waals surface area contributed by atoms with Gasteiger partial charge in [-0.2, -0.15) is 0 Å². The molecule has 0 radical (unpaired) electrons. The molecule has 4 aromatic rings. The average Bonchev–Trinajstić information content (AvgIpc) is 2.93. The first-order valence-electron chi connectivity index (χ1n) is 11.3. The molecule has 0 aliphatic carbocycles. The van der Waals surface area contributed by atoms with Crippen molar-refractivity contribution in [3.63, 3.8) is 0 Å². The van der Waals surface area contributed by atoms with E-state index in [1.54, 1.807) is 86.6 Å². The first-order chi connectivity index (χ1) is 18.2. The quantitative estimate of drug-likeness (QED) is 0.225. The van der Waals surface area contributed by atoms with Gasteiger partial charge in [-0.1, -0.05) is 59.6 Å². The molecule has 0 aromatic heterocycles. The van der Waals surface area contributed by atoms with Crippen LogP contribution in [0, 0.1) is 24.6 Å². The number of anilines is 2. The summed E-state index contributed by atoms with van der Waals surface area (Å²) < 4.78 is 0. The van der Waals surface area contributed by atoms with Crippen molar-refractivity contribution in [2.75, 3.05) is 10.6 Å². The smallest absolute Gasteiger partial charge is 1.00 e. The molecule has 212 valence electrons. The second-order valence-corrected chi connectivity index (χ2v) is 8.89. The van der Waals surface area contributed by atoms with Crippen LogP contribution in [0.5, 0.6) is 0 Å². The maximum absolute atomic E-state index is 12.0.